The van der Waals surface area contributed by atoms with Gasteiger partial charge in [-0.25, -0.2) is 0 Å². The van der Waals surface area contributed by atoms with E-state index in [1.165, 1.54) is 0 Å². The first kappa shape index (κ1) is 13.7. The van der Waals surface area contributed by atoms with Crippen molar-refractivity contribution in [3.8, 4) is 0 Å². The lowest BCUT2D eigenvalue weighted by Gasteiger charge is -2.22. The molecule has 2 N–H and O–H groups in total. The summed E-state index contributed by atoms with van der Waals surface area (Å²) < 4.78 is 10.7. The number of hydrogen-bond donors (Lipinski definition) is 2. The molecule has 0 aromatic carbocycles. The van der Waals surface area contributed by atoms with E-state index in [2.05, 4.69) is 20.8 Å². The number of hydrogen-bond acceptors (Lipinski definition) is 6. The quantitative estimate of drug-likeness (QED) is 0.783. The predicted octanol–water partition coefficient (Wildman–Crippen LogP) is 0.0536. The summed E-state index contributed by atoms with van der Waals surface area (Å²) in [6, 6.07) is 3.37. The van der Waals surface area contributed by atoms with Crippen LogP contribution in [0.3, 0.4) is 0 Å². The highest BCUT2D eigenvalue weighted by atomic mass is 16.6. The highest BCUT2D eigenvalue weighted by Crippen LogP contribution is 2.02. The van der Waals surface area contributed by atoms with Crippen molar-refractivity contribution < 1.29 is 14.3 Å². The maximum atomic E-state index is 11.8. The Kier molecular flexibility index (Phi) is 5.05. The van der Waals surface area contributed by atoms with Crippen LogP contribution in [-0.4, -0.2) is 55.1 Å². The molecule has 1 aromatic heterocycles. The zero-order valence-corrected chi connectivity index (χ0v) is 10.9. The SMILES string of the molecule is CCNc1ccc(C(=O)NCC2COCCO2)nn1. The molecule has 0 saturated carbocycles. The molecule has 1 atom stereocenters. The lowest BCUT2D eigenvalue weighted by molar-refractivity contribution is -0.0855. The molecule has 0 bridgehead atoms. The normalized spacial score (nSPS) is 18.9. The van der Waals surface area contributed by atoms with E-state index in [0.29, 0.717) is 37.9 Å². The molecule has 2 rings (SSSR count). The summed E-state index contributed by atoms with van der Waals surface area (Å²) in [5.74, 6) is 0.396. The fraction of sp³-hybridized carbons (Fsp3) is 0.583. The smallest absolute Gasteiger partial charge is 0.271 e. The van der Waals surface area contributed by atoms with E-state index >= 15 is 0 Å². The number of carbonyl (C=O) groups excluding carboxylic acids is 1. The molecule has 0 spiro atoms. The Bertz CT molecular complexity index is 404. The van der Waals surface area contributed by atoms with E-state index in [9.17, 15) is 4.79 Å². The molecule has 0 aliphatic carbocycles. The highest BCUT2D eigenvalue weighted by molar-refractivity contribution is 5.92. The standard InChI is InChI=1S/C12H18N4O3/c1-2-13-11-4-3-10(15-16-11)12(17)14-7-9-8-18-5-6-19-9/h3-4,9H,2,5-8H2,1H3,(H,13,16)(H,14,17). The van der Waals surface area contributed by atoms with Gasteiger partial charge in [-0.15, -0.1) is 10.2 Å². The molecule has 2 heterocycles. The van der Waals surface area contributed by atoms with Crippen molar-refractivity contribution in [2.24, 2.45) is 0 Å². The molecule has 1 aliphatic rings. The molecule has 104 valence electrons. The summed E-state index contributed by atoms with van der Waals surface area (Å²) in [5.41, 5.74) is 0.290. The van der Waals surface area contributed by atoms with Gasteiger partial charge in [0.15, 0.2) is 5.69 Å². The van der Waals surface area contributed by atoms with Gasteiger partial charge >= 0.3 is 0 Å². The van der Waals surface area contributed by atoms with Crippen LogP contribution >= 0.6 is 0 Å². The molecule has 0 radical (unpaired) electrons. The van der Waals surface area contributed by atoms with Gasteiger partial charge in [-0.05, 0) is 19.1 Å². The number of carbonyl (C=O) groups is 1. The third kappa shape index (κ3) is 4.15. The Morgan fingerprint density at radius 3 is 2.95 bits per heavy atom. The van der Waals surface area contributed by atoms with E-state index < -0.39 is 0 Å². The van der Waals surface area contributed by atoms with Crippen LogP contribution in [0.4, 0.5) is 5.82 Å². The summed E-state index contributed by atoms with van der Waals surface area (Å²) >= 11 is 0. The number of anilines is 1. The van der Waals surface area contributed by atoms with E-state index in [1.54, 1.807) is 12.1 Å². The maximum absolute atomic E-state index is 11.8. The molecule has 1 amide bonds. The molecule has 1 unspecified atom stereocenters. The zero-order chi connectivity index (χ0) is 13.5. The van der Waals surface area contributed by atoms with Gasteiger partial charge in [-0.3, -0.25) is 4.79 Å². The van der Waals surface area contributed by atoms with Crippen molar-refractivity contribution >= 4 is 11.7 Å². The molecule has 1 fully saturated rings. The highest BCUT2D eigenvalue weighted by Gasteiger charge is 2.16. The number of nitrogens with one attached hydrogen (secondary N) is 2. The van der Waals surface area contributed by atoms with Crippen molar-refractivity contribution in [1.29, 1.82) is 0 Å². The molecule has 1 aromatic rings. The van der Waals surface area contributed by atoms with Crippen molar-refractivity contribution in [1.82, 2.24) is 15.5 Å². The maximum Gasteiger partial charge on any atom is 0.271 e. The largest absolute Gasteiger partial charge is 0.376 e. The van der Waals surface area contributed by atoms with Crippen LogP contribution < -0.4 is 10.6 Å². The van der Waals surface area contributed by atoms with E-state index in [4.69, 9.17) is 9.47 Å². The van der Waals surface area contributed by atoms with Crippen LogP contribution in [0.2, 0.25) is 0 Å². The lowest BCUT2D eigenvalue weighted by Crippen LogP contribution is -2.40. The predicted molar refractivity (Wildman–Crippen MR) is 69.1 cm³/mol. The van der Waals surface area contributed by atoms with Gasteiger partial charge in [0.25, 0.3) is 5.91 Å². The first-order valence-electron chi connectivity index (χ1n) is 6.34. The first-order valence-corrected chi connectivity index (χ1v) is 6.34. The van der Waals surface area contributed by atoms with Crippen molar-refractivity contribution in [3.05, 3.63) is 17.8 Å². The Labute approximate surface area is 111 Å². The average molecular weight is 266 g/mol. The van der Waals surface area contributed by atoms with Gasteiger partial charge in [0.2, 0.25) is 0 Å². The Morgan fingerprint density at radius 1 is 1.42 bits per heavy atom. The number of ether oxygens (including phenoxy) is 2. The van der Waals surface area contributed by atoms with Gasteiger partial charge in [0.05, 0.1) is 25.9 Å². The van der Waals surface area contributed by atoms with E-state index in [-0.39, 0.29) is 12.0 Å². The van der Waals surface area contributed by atoms with Crippen molar-refractivity contribution in [3.63, 3.8) is 0 Å². The summed E-state index contributed by atoms with van der Waals surface area (Å²) in [7, 11) is 0. The van der Waals surface area contributed by atoms with Gasteiger partial charge in [-0.2, -0.15) is 0 Å². The van der Waals surface area contributed by atoms with Gasteiger partial charge < -0.3 is 20.1 Å². The van der Waals surface area contributed by atoms with Crippen LogP contribution in [0.5, 0.6) is 0 Å². The first-order chi connectivity index (χ1) is 9.29. The third-order valence-corrected chi connectivity index (χ3v) is 2.63. The molecule has 7 heteroatoms. The minimum Gasteiger partial charge on any atom is -0.376 e. The Balaban J connectivity index is 1.81. The minimum atomic E-state index is -0.260. The van der Waals surface area contributed by atoms with Crippen LogP contribution in [0.15, 0.2) is 12.1 Å². The second-order valence-electron chi connectivity index (χ2n) is 4.11. The molecular formula is C12H18N4O3. The molecular weight excluding hydrogens is 248 g/mol. The van der Waals surface area contributed by atoms with Crippen LogP contribution in [0.1, 0.15) is 17.4 Å². The summed E-state index contributed by atoms with van der Waals surface area (Å²) in [6.07, 6.45) is -0.0910. The summed E-state index contributed by atoms with van der Waals surface area (Å²) in [4.78, 5) is 11.8. The second-order valence-corrected chi connectivity index (χ2v) is 4.11. The average Bonchev–Trinajstić information content (AvgIpc) is 2.47. The van der Waals surface area contributed by atoms with E-state index in [1.807, 2.05) is 6.92 Å². The van der Waals surface area contributed by atoms with Crippen LogP contribution in [-0.2, 0) is 9.47 Å². The minimum absolute atomic E-state index is 0.0910. The van der Waals surface area contributed by atoms with Crippen LogP contribution in [0, 0.1) is 0 Å². The van der Waals surface area contributed by atoms with Gasteiger partial charge in [-0.1, -0.05) is 0 Å². The van der Waals surface area contributed by atoms with Crippen molar-refractivity contribution in [2.75, 3.05) is 38.2 Å². The fourth-order valence-electron chi connectivity index (χ4n) is 1.68. The lowest BCUT2D eigenvalue weighted by atomic mass is 10.3. The van der Waals surface area contributed by atoms with Gasteiger partial charge in [0.1, 0.15) is 5.82 Å². The third-order valence-electron chi connectivity index (χ3n) is 2.63. The number of nitrogens with zero attached hydrogens (tertiary/aromatic N) is 2. The molecule has 1 saturated heterocycles. The fourth-order valence-corrected chi connectivity index (χ4v) is 1.68. The monoisotopic (exact) mass is 266 g/mol. The van der Waals surface area contributed by atoms with Crippen LogP contribution in [0.25, 0.3) is 0 Å². The molecule has 19 heavy (non-hydrogen) atoms. The molecule has 7 nitrogen and oxygen atoms in total. The zero-order valence-electron chi connectivity index (χ0n) is 10.9. The topological polar surface area (TPSA) is 85.4 Å². The Morgan fingerprint density at radius 2 is 2.32 bits per heavy atom. The van der Waals surface area contributed by atoms with Gasteiger partial charge in [0, 0.05) is 13.1 Å². The van der Waals surface area contributed by atoms with E-state index in [0.717, 1.165) is 6.54 Å². The number of amides is 1. The number of aromatic nitrogens is 2. The Hall–Kier alpha value is -1.73. The summed E-state index contributed by atoms with van der Waals surface area (Å²) in [6.45, 7) is 4.83. The van der Waals surface area contributed by atoms with Crippen molar-refractivity contribution in [2.45, 2.75) is 13.0 Å². The molecule has 1 aliphatic heterocycles. The second kappa shape index (κ2) is 7.01. The number of rotatable bonds is 5. The summed E-state index contributed by atoms with van der Waals surface area (Å²) in [5, 5.41) is 13.5.